The van der Waals surface area contributed by atoms with Crippen molar-refractivity contribution in [1.82, 2.24) is 5.32 Å². The van der Waals surface area contributed by atoms with E-state index in [1.54, 1.807) is 0 Å². The van der Waals surface area contributed by atoms with Crippen LogP contribution in [0.25, 0.3) is 0 Å². The van der Waals surface area contributed by atoms with Gasteiger partial charge in [0.2, 0.25) is 0 Å². The van der Waals surface area contributed by atoms with Crippen LogP contribution in [-0.2, 0) is 0 Å². The van der Waals surface area contributed by atoms with E-state index in [1.807, 2.05) is 0 Å². The predicted molar refractivity (Wildman–Crippen MR) is 41.8 cm³/mol. The molecule has 2 aliphatic rings. The Morgan fingerprint density at radius 3 is 2.50 bits per heavy atom. The van der Waals surface area contributed by atoms with Crippen LogP contribution in [0, 0.1) is 0 Å². The molecule has 0 radical (unpaired) electrons. The molecule has 0 aromatic heterocycles. The van der Waals surface area contributed by atoms with Crippen molar-refractivity contribution in [2.75, 3.05) is 6.54 Å². The Bertz CT molecular complexity index is 129. The minimum Gasteiger partial charge on any atom is -0.329 e. The lowest BCUT2D eigenvalue weighted by molar-refractivity contribution is 0.208. The molecule has 1 atom stereocenters. The van der Waals surface area contributed by atoms with Crippen molar-refractivity contribution in [3.05, 3.63) is 0 Å². The van der Waals surface area contributed by atoms with Crippen LogP contribution in [0.5, 0.6) is 0 Å². The molecule has 1 heterocycles. The zero-order valence-electron chi connectivity index (χ0n) is 6.40. The van der Waals surface area contributed by atoms with Gasteiger partial charge in [-0.2, -0.15) is 0 Å². The van der Waals surface area contributed by atoms with E-state index in [-0.39, 0.29) is 0 Å². The van der Waals surface area contributed by atoms with Gasteiger partial charge in [0.05, 0.1) is 0 Å². The van der Waals surface area contributed by atoms with E-state index in [1.165, 1.54) is 32.1 Å². The van der Waals surface area contributed by atoms with Gasteiger partial charge in [0, 0.05) is 18.1 Å². The number of hydrogen-bond donors (Lipinski definition) is 2. The molecule has 0 amide bonds. The molecular formula is C8H16N2. The summed E-state index contributed by atoms with van der Waals surface area (Å²) in [5, 5.41) is 3.63. The maximum Gasteiger partial charge on any atom is 0.0196 e. The van der Waals surface area contributed by atoms with Gasteiger partial charge in [0.25, 0.3) is 0 Å². The van der Waals surface area contributed by atoms with Crippen molar-refractivity contribution in [1.29, 1.82) is 0 Å². The lowest BCUT2D eigenvalue weighted by Crippen LogP contribution is -2.50. The van der Waals surface area contributed by atoms with Gasteiger partial charge in [-0.25, -0.2) is 0 Å². The Hall–Kier alpha value is -0.0800. The van der Waals surface area contributed by atoms with Crippen LogP contribution in [0.3, 0.4) is 0 Å². The summed E-state index contributed by atoms with van der Waals surface area (Å²) in [7, 11) is 0. The molecule has 58 valence electrons. The number of nitrogens with one attached hydrogen (secondary N) is 1. The summed E-state index contributed by atoms with van der Waals surface area (Å²) < 4.78 is 0. The summed E-state index contributed by atoms with van der Waals surface area (Å²) in [5.41, 5.74) is 6.13. The second kappa shape index (κ2) is 2.21. The first-order valence-corrected chi connectivity index (χ1v) is 4.32. The van der Waals surface area contributed by atoms with Gasteiger partial charge in [0.15, 0.2) is 0 Å². The summed E-state index contributed by atoms with van der Waals surface area (Å²) in [6.45, 7) is 0.821. The van der Waals surface area contributed by atoms with Gasteiger partial charge in [-0.15, -0.1) is 0 Å². The minimum absolute atomic E-state index is 0.560. The summed E-state index contributed by atoms with van der Waals surface area (Å²) in [5.74, 6) is 0. The molecule has 3 N–H and O–H groups in total. The highest BCUT2D eigenvalue weighted by atomic mass is 15.1. The van der Waals surface area contributed by atoms with Crippen LogP contribution in [-0.4, -0.2) is 18.1 Å². The summed E-state index contributed by atoms with van der Waals surface area (Å²) in [6, 6.07) is 0.625. The monoisotopic (exact) mass is 140 g/mol. The standard InChI is InChI=1S/C8H16N2/c9-6-7-2-5-8(10-7)3-1-4-8/h7,10H,1-6,9H2. The normalized spacial score (nSPS) is 36.3. The van der Waals surface area contributed by atoms with E-state index in [4.69, 9.17) is 5.73 Å². The molecule has 0 bridgehead atoms. The molecule has 10 heavy (non-hydrogen) atoms. The second-order valence-corrected chi connectivity index (χ2v) is 3.75. The lowest BCUT2D eigenvalue weighted by atomic mass is 9.76. The van der Waals surface area contributed by atoms with Gasteiger partial charge in [-0.05, 0) is 32.1 Å². The largest absolute Gasteiger partial charge is 0.329 e. The van der Waals surface area contributed by atoms with E-state index in [9.17, 15) is 0 Å². The SMILES string of the molecule is NCC1CCC2(CCC2)N1. The second-order valence-electron chi connectivity index (χ2n) is 3.75. The third-order valence-electron chi connectivity index (χ3n) is 3.08. The van der Waals surface area contributed by atoms with Crippen molar-refractivity contribution < 1.29 is 0 Å². The highest BCUT2D eigenvalue weighted by molar-refractivity contribution is 5.03. The molecule has 2 rings (SSSR count). The van der Waals surface area contributed by atoms with Gasteiger partial charge < -0.3 is 11.1 Å². The van der Waals surface area contributed by atoms with Crippen molar-refractivity contribution in [3.8, 4) is 0 Å². The zero-order valence-corrected chi connectivity index (χ0v) is 6.40. The molecule has 2 nitrogen and oxygen atoms in total. The van der Waals surface area contributed by atoms with Crippen LogP contribution >= 0.6 is 0 Å². The van der Waals surface area contributed by atoms with Gasteiger partial charge in [-0.3, -0.25) is 0 Å². The maximum absolute atomic E-state index is 5.57. The molecule has 2 fully saturated rings. The van der Waals surface area contributed by atoms with Gasteiger partial charge >= 0.3 is 0 Å². The quantitative estimate of drug-likeness (QED) is 0.560. The van der Waals surface area contributed by atoms with E-state index < -0.39 is 0 Å². The molecule has 0 aromatic carbocycles. The minimum atomic E-state index is 0.560. The predicted octanol–water partition coefficient (Wildman–Crippen LogP) is 0.620. The third kappa shape index (κ3) is 0.867. The Labute approximate surface area is 62.2 Å². The van der Waals surface area contributed by atoms with Crippen molar-refractivity contribution in [2.24, 2.45) is 5.73 Å². The molecule has 1 saturated heterocycles. The topological polar surface area (TPSA) is 38.0 Å². The summed E-state index contributed by atoms with van der Waals surface area (Å²) in [4.78, 5) is 0. The van der Waals surface area contributed by atoms with Gasteiger partial charge in [-0.1, -0.05) is 0 Å². The molecule has 1 aliphatic heterocycles. The Balaban J connectivity index is 1.92. The average Bonchev–Trinajstić information content (AvgIpc) is 2.29. The molecule has 1 saturated carbocycles. The Morgan fingerprint density at radius 2 is 2.20 bits per heavy atom. The summed E-state index contributed by atoms with van der Waals surface area (Å²) >= 11 is 0. The molecule has 1 aliphatic carbocycles. The average molecular weight is 140 g/mol. The number of hydrogen-bond acceptors (Lipinski definition) is 2. The first-order chi connectivity index (χ1) is 4.85. The fraction of sp³-hybridized carbons (Fsp3) is 1.00. The van der Waals surface area contributed by atoms with E-state index in [0.29, 0.717) is 11.6 Å². The highest BCUT2D eigenvalue weighted by Gasteiger charge is 2.42. The molecular weight excluding hydrogens is 124 g/mol. The van der Waals surface area contributed by atoms with E-state index in [0.717, 1.165) is 6.54 Å². The molecule has 0 aromatic rings. The fourth-order valence-corrected chi connectivity index (χ4v) is 2.20. The van der Waals surface area contributed by atoms with Crippen LogP contribution in [0.15, 0.2) is 0 Å². The van der Waals surface area contributed by atoms with Gasteiger partial charge in [0.1, 0.15) is 0 Å². The molecule has 1 unspecified atom stereocenters. The zero-order chi connectivity index (χ0) is 7.03. The van der Waals surface area contributed by atoms with E-state index >= 15 is 0 Å². The van der Waals surface area contributed by atoms with Crippen molar-refractivity contribution >= 4 is 0 Å². The first kappa shape index (κ1) is 6.62. The van der Waals surface area contributed by atoms with Crippen LogP contribution in [0.2, 0.25) is 0 Å². The number of nitrogens with two attached hydrogens (primary N) is 1. The highest BCUT2D eigenvalue weighted by Crippen LogP contribution is 2.40. The molecule has 2 heteroatoms. The van der Waals surface area contributed by atoms with E-state index in [2.05, 4.69) is 5.32 Å². The smallest absolute Gasteiger partial charge is 0.0196 e. The lowest BCUT2D eigenvalue weighted by Gasteiger charge is -2.39. The Kier molecular flexibility index (Phi) is 1.46. The Morgan fingerprint density at radius 1 is 1.40 bits per heavy atom. The number of rotatable bonds is 1. The van der Waals surface area contributed by atoms with Crippen LogP contribution in [0.1, 0.15) is 32.1 Å². The molecule has 1 spiro atoms. The fourth-order valence-electron chi connectivity index (χ4n) is 2.20. The van der Waals surface area contributed by atoms with Crippen molar-refractivity contribution in [3.63, 3.8) is 0 Å². The maximum atomic E-state index is 5.57. The first-order valence-electron chi connectivity index (χ1n) is 4.32. The van der Waals surface area contributed by atoms with Crippen LogP contribution < -0.4 is 11.1 Å². The van der Waals surface area contributed by atoms with Crippen LogP contribution in [0.4, 0.5) is 0 Å². The van der Waals surface area contributed by atoms with Crippen molar-refractivity contribution in [2.45, 2.75) is 43.7 Å². The third-order valence-corrected chi connectivity index (χ3v) is 3.08. The summed E-state index contributed by atoms with van der Waals surface area (Å²) in [6.07, 6.45) is 6.88.